The minimum atomic E-state index is -0.568. The van der Waals surface area contributed by atoms with E-state index in [0.29, 0.717) is 8.59 Å². The van der Waals surface area contributed by atoms with Crippen LogP contribution in [0.25, 0.3) is 0 Å². The van der Waals surface area contributed by atoms with Crippen LogP contribution in [-0.2, 0) is 0 Å². The molecular weight excluding hydrogens is 448 g/mol. The van der Waals surface area contributed by atoms with Crippen LogP contribution in [0.15, 0.2) is 36.4 Å². The minimum Gasteiger partial charge on any atom is -0.392 e. The molecule has 2 aromatic rings. The van der Waals surface area contributed by atoms with Gasteiger partial charge in [-0.3, -0.25) is 20.2 Å². The van der Waals surface area contributed by atoms with Crippen molar-refractivity contribution in [3.8, 4) is 0 Å². The van der Waals surface area contributed by atoms with Crippen molar-refractivity contribution in [2.24, 2.45) is 0 Å². The fourth-order valence-corrected chi connectivity index (χ4v) is 2.21. The standard InChI is InChI=1S/C6H3ClINO2.C6H5ClN2O2/c2*7-4-2-1-3-5(6(4)8)9(10)11/h1-3H;1-3H,8H2. The summed E-state index contributed by atoms with van der Waals surface area (Å²) in [5.41, 5.74) is 5.22. The summed E-state index contributed by atoms with van der Waals surface area (Å²) in [6.45, 7) is 0. The van der Waals surface area contributed by atoms with Gasteiger partial charge in [-0.1, -0.05) is 35.3 Å². The third kappa shape index (κ3) is 4.68. The molecule has 0 heterocycles. The zero-order valence-corrected chi connectivity index (χ0v) is 14.4. The minimum absolute atomic E-state index is 0.0131. The molecule has 2 aromatic carbocycles. The van der Waals surface area contributed by atoms with Gasteiger partial charge in [-0.25, -0.2) is 0 Å². The lowest BCUT2D eigenvalue weighted by atomic mass is 10.3. The number of nitrogens with two attached hydrogens (primary N) is 1. The second-order valence-electron chi connectivity index (χ2n) is 3.76. The first-order valence-corrected chi connectivity index (χ1v) is 7.36. The van der Waals surface area contributed by atoms with Gasteiger partial charge >= 0.3 is 0 Å². The summed E-state index contributed by atoms with van der Waals surface area (Å²) in [7, 11) is 0. The lowest BCUT2D eigenvalue weighted by Crippen LogP contribution is -1.95. The number of hydrogen-bond donors (Lipinski definition) is 1. The summed E-state index contributed by atoms with van der Waals surface area (Å²) >= 11 is 13.0. The number of nitro groups is 2. The zero-order valence-electron chi connectivity index (χ0n) is 10.7. The molecule has 0 saturated heterocycles. The Kier molecular flexibility index (Phi) is 6.78. The maximum Gasteiger partial charge on any atom is 0.293 e. The Balaban J connectivity index is 0.000000220. The molecule has 0 atom stereocenters. The van der Waals surface area contributed by atoms with Crippen LogP contribution >= 0.6 is 45.8 Å². The topological polar surface area (TPSA) is 112 Å². The van der Waals surface area contributed by atoms with E-state index in [1.54, 1.807) is 12.1 Å². The average Bonchev–Trinajstić information content (AvgIpc) is 2.45. The van der Waals surface area contributed by atoms with Gasteiger partial charge in [0.1, 0.15) is 9.26 Å². The summed E-state index contributed by atoms with van der Waals surface area (Å²) in [5, 5.41) is 21.2. The Morgan fingerprint density at radius 3 is 1.77 bits per heavy atom. The molecule has 0 amide bonds. The molecule has 10 heteroatoms. The highest BCUT2D eigenvalue weighted by Gasteiger charge is 2.13. The van der Waals surface area contributed by atoms with Gasteiger partial charge in [0.25, 0.3) is 11.4 Å². The molecule has 0 spiro atoms. The molecular formula is C12H8Cl2IN3O4. The fourth-order valence-electron chi connectivity index (χ4n) is 1.32. The van der Waals surface area contributed by atoms with Gasteiger partial charge < -0.3 is 5.73 Å². The summed E-state index contributed by atoms with van der Waals surface area (Å²) in [4.78, 5) is 19.5. The lowest BCUT2D eigenvalue weighted by molar-refractivity contribution is -0.385. The molecule has 2 rings (SSSR count). The SMILES string of the molecule is Nc1c(Cl)cccc1[N+](=O)[O-].O=[N+]([O-])c1cccc(Cl)c1I. The molecule has 116 valence electrons. The van der Waals surface area contributed by atoms with Crippen LogP contribution in [0, 0.1) is 23.8 Å². The highest BCUT2D eigenvalue weighted by atomic mass is 127. The molecule has 0 bridgehead atoms. The summed E-state index contributed by atoms with van der Waals surface area (Å²) < 4.78 is 0.483. The Morgan fingerprint density at radius 1 is 0.909 bits per heavy atom. The van der Waals surface area contributed by atoms with E-state index in [1.807, 2.05) is 22.6 Å². The number of para-hydroxylation sites is 1. The van der Waals surface area contributed by atoms with Crippen molar-refractivity contribution in [2.45, 2.75) is 0 Å². The number of rotatable bonds is 2. The molecule has 0 saturated carbocycles. The Hall–Kier alpha value is -1.65. The molecule has 7 nitrogen and oxygen atoms in total. The molecule has 0 aliphatic heterocycles. The predicted octanol–water partition coefficient (Wildman–Crippen LogP) is 4.68. The van der Waals surface area contributed by atoms with Crippen LogP contribution in [0.3, 0.4) is 0 Å². The first-order chi connectivity index (χ1) is 10.3. The predicted molar refractivity (Wildman–Crippen MR) is 93.3 cm³/mol. The van der Waals surface area contributed by atoms with Gasteiger partial charge in [0, 0.05) is 12.1 Å². The average molecular weight is 456 g/mol. The van der Waals surface area contributed by atoms with E-state index in [4.69, 9.17) is 28.9 Å². The third-order valence-corrected chi connectivity index (χ3v) is 4.45. The Bertz CT molecular complexity index is 666. The van der Waals surface area contributed by atoms with E-state index in [-0.39, 0.29) is 22.1 Å². The van der Waals surface area contributed by atoms with E-state index in [1.165, 1.54) is 24.3 Å². The molecule has 2 N–H and O–H groups in total. The highest BCUT2D eigenvalue weighted by molar-refractivity contribution is 14.1. The van der Waals surface area contributed by atoms with Crippen molar-refractivity contribution < 1.29 is 9.85 Å². The van der Waals surface area contributed by atoms with Crippen molar-refractivity contribution in [3.05, 3.63) is 70.2 Å². The number of benzene rings is 2. The van der Waals surface area contributed by atoms with E-state index in [2.05, 4.69) is 0 Å². The van der Waals surface area contributed by atoms with Crippen molar-refractivity contribution in [2.75, 3.05) is 5.73 Å². The summed E-state index contributed by atoms with van der Waals surface area (Å²) in [5.74, 6) is 0. The van der Waals surface area contributed by atoms with Crippen molar-refractivity contribution in [1.82, 2.24) is 0 Å². The van der Waals surface area contributed by atoms with Crippen LogP contribution < -0.4 is 5.73 Å². The molecule has 0 aliphatic carbocycles. The van der Waals surface area contributed by atoms with E-state index >= 15 is 0 Å². The van der Waals surface area contributed by atoms with Gasteiger partial charge in [-0.15, -0.1) is 0 Å². The Labute approximate surface area is 148 Å². The van der Waals surface area contributed by atoms with Crippen molar-refractivity contribution >= 4 is 62.9 Å². The normalized spacial score (nSPS) is 9.59. The highest BCUT2D eigenvalue weighted by Crippen LogP contribution is 2.28. The van der Waals surface area contributed by atoms with Crippen LogP contribution in [0.1, 0.15) is 0 Å². The smallest absolute Gasteiger partial charge is 0.293 e. The summed E-state index contributed by atoms with van der Waals surface area (Å²) in [6, 6.07) is 8.90. The van der Waals surface area contributed by atoms with Crippen LogP contribution in [-0.4, -0.2) is 9.85 Å². The lowest BCUT2D eigenvalue weighted by Gasteiger charge is -1.96. The van der Waals surface area contributed by atoms with Crippen LogP contribution in [0.2, 0.25) is 10.0 Å². The maximum absolute atomic E-state index is 10.3. The molecule has 0 fully saturated rings. The maximum atomic E-state index is 10.3. The number of hydrogen-bond acceptors (Lipinski definition) is 5. The van der Waals surface area contributed by atoms with E-state index in [9.17, 15) is 20.2 Å². The number of nitrogens with zero attached hydrogens (tertiary/aromatic N) is 2. The molecule has 0 aliphatic rings. The van der Waals surface area contributed by atoms with Gasteiger partial charge in [0.05, 0.1) is 19.9 Å². The first-order valence-electron chi connectivity index (χ1n) is 5.52. The number of nitrogen functional groups attached to an aromatic ring is 1. The van der Waals surface area contributed by atoms with Gasteiger partial charge in [0.2, 0.25) is 0 Å². The first kappa shape index (κ1) is 18.4. The third-order valence-electron chi connectivity index (χ3n) is 2.35. The number of nitro benzene ring substituents is 2. The van der Waals surface area contributed by atoms with Crippen molar-refractivity contribution in [3.63, 3.8) is 0 Å². The zero-order chi connectivity index (χ0) is 16.9. The Morgan fingerprint density at radius 2 is 1.36 bits per heavy atom. The largest absolute Gasteiger partial charge is 0.392 e. The second-order valence-corrected chi connectivity index (χ2v) is 5.65. The van der Waals surface area contributed by atoms with Crippen molar-refractivity contribution in [1.29, 1.82) is 0 Å². The monoisotopic (exact) mass is 455 g/mol. The number of anilines is 1. The van der Waals surface area contributed by atoms with Gasteiger partial charge in [0.15, 0.2) is 0 Å². The second kappa shape index (κ2) is 8.11. The van der Waals surface area contributed by atoms with Crippen LogP contribution in [0.4, 0.5) is 17.1 Å². The number of halogens is 3. The molecule has 0 radical (unpaired) electrons. The quantitative estimate of drug-likeness (QED) is 0.305. The van der Waals surface area contributed by atoms with Crippen LogP contribution in [0.5, 0.6) is 0 Å². The van der Waals surface area contributed by atoms with Gasteiger partial charge in [-0.05, 0) is 34.7 Å². The van der Waals surface area contributed by atoms with Gasteiger partial charge in [-0.2, -0.15) is 0 Å². The molecule has 0 aromatic heterocycles. The van der Waals surface area contributed by atoms with E-state index in [0.717, 1.165) is 0 Å². The van der Waals surface area contributed by atoms with E-state index < -0.39 is 9.85 Å². The fraction of sp³-hybridized carbons (Fsp3) is 0. The summed E-state index contributed by atoms with van der Waals surface area (Å²) in [6.07, 6.45) is 0. The molecule has 0 unspecified atom stereocenters. The molecule has 22 heavy (non-hydrogen) atoms.